The van der Waals surface area contributed by atoms with E-state index in [4.69, 9.17) is 14.6 Å². The largest absolute Gasteiger partial charge is 0.390 e. The van der Waals surface area contributed by atoms with Gasteiger partial charge in [0.2, 0.25) is 0 Å². The van der Waals surface area contributed by atoms with Crippen LogP contribution in [-0.4, -0.2) is 56.1 Å². The third-order valence-corrected chi connectivity index (χ3v) is 3.82. The lowest BCUT2D eigenvalue weighted by Crippen LogP contribution is -2.43. The Bertz CT molecular complexity index is 467. The number of benzene rings is 1. The van der Waals surface area contributed by atoms with Gasteiger partial charge in [-0.05, 0) is 12.0 Å². The lowest BCUT2D eigenvalue weighted by atomic mass is 10.1. The Hall–Kier alpha value is -0.830. The molecule has 9 heteroatoms. The fourth-order valence-corrected chi connectivity index (χ4v) is 2.30. The molecule has 1 aromatic rings. The van der Waals surface area contributed by atoms with Gasteiger partial charge >= 0.3 is 7.60 Å². The smallest absolute Gasteiger partial charge is 0.325 e. The molecule has 0 saturated carbocycles. The molecular weight excluding hydrogens is 313 g/mol. The first-order valence-corrected chi connectivity index (χ1v) is 8.56. The summed E-state index contributed by atoms with van der Waals surface area (Å²) in [5, 5.41) is 28.9. The molecule has 0 heterocycles. The minimum absolute atomic E-state index is 0.138. The van der Waals surface area contributed by atoms with Crippen molar-refractivity contribution in [2.45, 2.75) is 31.3 Å². The molecule has 22 heavy (non-hydrogen) atoms. The summed E-state index contributed by atoms with van der Waals surface area (Å²) in [7, 11) is -4.24. The van der Waals surface area contributed by atoms with E-state index in [0.717, 1.165) is 5.56 Å². The molecule has 0 saturated heterocycles. The summed E-state index contributed by atoms with van der Waals surface area (Å²) in [5.41, 5.74) is 3.39. The Kier molecular flexibility index (Phi) is 8.16. The molecule has 3 atom stereocenters. The molecule has 0 aromatic heterocycles. The van der Waals surface area contributed by atoms with E-state index in [2.05, 4.69) is 5.48 Å². The molecule has 0 bridgehead atoms. The molecule has 0 fully saturated rings. The summed E-state index contributed by atoms with van der Waals surface area (Å²) in [4.78, 5) is 22.5. The van der Waals surface area contributed by atoms with Crippen LogP contribution in [0.25, 0.3) is 0 Å². The molecule has 0 spiro atoms. The highest BCUT2D eigenvalue weighted by molar-refractivity contribution is 7.51. The van der Waals surface area contributed by atoms with Crippen LogP contribution in [0, 0.1) is 0 Å². The van der Waals surface area contributed by atoms with Crippen molar-refractivity contribution in [3.8, 4) is 0 Å². The predicted molar refractivity (Wildman–Crippen MR) is 78.8 cm³/mol. The van der Waals surface area contributed by atoms with Crippen LogP contribution in [0.15, 0.2) is 30.3 Å². The number of aliphatic hydroxyl groups is 3. The average molecular weight is 335 g/mol. The number of aliphatic hydroxyl groups excluding tert-OH is 3. The molecule has 0 unspecified atom stereocenters. The van der Waals surface area contributed by atoms with Crippen LogP contribution < -0.4 is 5.48 Å². The van der Waals surface area contributed by atoms with E-state index in [9.17, 15) is 19.9 Å². The van der Waals surface area contributed by atoms with E-state index < -0.39 is 32.1 Å². The molecule has 0 aliphatic carbocycles. The average Bonchev–Trinajstić information content (AvgIpc) is 2.48. The highest BCUT2D eigenvalue weighted by Crippen LogP contribution is 2.35. The van der Waals surface area contributed by atoms with Crippen LogP contribution in [0.3, 0.4) is 0 Å². The van der Waals surface area contributed by atoms with Crippen molar-refractivity contribution >= 4 is 7.60 Å². The topological polar surface area (TPSA) is 139 Å². The van der Waals surface area contributed by atoms with Crippen LogP contribution in [-0.2, 0) is 16.0 Å². The molecule has 0 amide bonds. The zero-order chi connectivity index (χ0) is 16.6. The fraction of sp³-hybridized carbons (Fsp3) is 0.538. The summed E-state index contributed by atoms with van der Waals surface area (Å²) in [6, 6.07) is 9.30. The quantitative estimate of drug-likeness (QED) is 0.188. The van der Waals surface area contributed by atoms with E-state index in [1.165, 1.54) is 0 Å². The predicted octanol–water partition coefficient (Wildman–Crippen LogP) is -0.642. The molecule has 8 nitrogen and oxygen atoms in total. The maximum absolute atomic E-state index is 10.7. The zero-order valence-electron chi connectivity index (χ0n) is 11.9. The van der Waals surface area contributed by atoms with Gasteiger partial charge in [-0.2, -0.15) is 5.48 Å². The van der Waals surface area contributed by atoms with Crippen LogP contribution in [0.5, 0.6) is 0 Å². The van der Waals surface area contributed by atoms with Gasteiger partial charge in [0, 0.05) is 6.54 Å². The third-order valence-electron chi connectivity index (χ3n) is 2.98. The third kappa shape index (κ3) is 7.98. The highest BCUT2D eigenvalue weighted by Gasteiger charge is 2.26. The maximum Gasteiger partial charge on any atom is 0.325 e. The summed E-state index contributed by atoms with van der Waals surface area (Å²) in [6.45, 7) is 0.130. The van der Waals surface area contributed by atoms with E-state index >= 15 is 0 Å². The van der Waals surface area contributed by atoms with Gasteiger partial charge in [0.05, 0.1) is 25.0 Å². The second-order valence-electron chi connectivity index (χ2n) is 4.92. The van der Waals surface area contributed by atoms with Gasteiger partial charge in [-0.25, -0.2) is 0 Å². The van der Waals surface area contributed by atoms with Crippen molar-refractivity contribution in [2.75, 3.05) is 12.7 Å². The van der Waals surface area contributed by atoms with Crippen LogP contribution >= 0.6 is 7.60 Å². The second-order valence-corrected chi connectivity index (χ2v) is 6.70. The summed E-state index contributed by atoms with van der Waals surface area (Å²) < 4.78 is 10.7. The monoisotopic (exact) mass is 335 g/mol. The minimum Gasteiger partial charge on any atom is -0.390 e. The first kappa shape index (κ1) is 19.2. The first-order chi connectivity index (χ1) is 10.3. The number of hydrogen-bond donors (Lipinski definition) is 6. The zero-order valence-corrected chi connectivity index (χ0v) is 12.8. The Morgan fingerprint density at radius 1 is 1.09 bits per heavy atom. The van der Waals surface area contributed by atoms with Gasteiger partial charge < -0.3 is 25.1 Å². The van der Waals surface area contributed by atoms with Gasteiger partial charge in [-0.3, -0.25) is 9.40 Å². The van der Waals surface area contributed by atoms with Crippen molar-refractivity contribution in [1.29, 1.82) is 0 Å². The maximum atomic E-state index is 10.7. The Morgan fingerprint density at radius 3 is 2.32 bits per heavy atom. The number of nitrogens with one attached hydrogen (secondary N) is 1. The normalized spacial score (nSPS) is 16.2. The lowest BCUT2D eigenvalue weighted by molar-refractivity contribution is -0.0788. The molecule has 6 N–H and O–H groups in total. The Balaban J connectivity index is 2.23. The van der Waals surface area contributed by atoms with Crippen molar-refractivity contribution in [2.24, 2.45) is 0 Å². The van der Waals surface area contributed by atoms with Gasteiger partial charge in [-0.1, -0.05) is 30.3 Å². The van der Waals surface area contributed by atoms with Crippen molar-refractivity contribution in [3.63, 3.8) is 0 Å². The van der Waals surface area contributed by atoms with E-state index in [1.54, 1.807) is 0 Å². The standard InChI is InChI=1S/C13H22NO7P/c15-11(6-7-22(18,19)20)13(17)12(16)8-14-21-9-10-4-2-1-3-5-10/h1-5,11-17H,6-9H2,(H2,18,19,20)/t11-,12+,13-/m1/s1. The number of hydrogen-bond acceptors (Lipinski definition) is 6. The summed E-state index contributed by atoms with van der Waals surface area (Å²) in [5.74, 6) is 0. The molecule has 1 rings (SSSR count). The van der Waals surface area contributed by atoms with Crippen LogP contribution in [0.4, 0.5) is 0 Å². The Labute approximate surface area is 128 Å². The van der Waals surface area contributed by atoms with E-state index in [-0.39, 0.29) is 19.6 Å². The van der Waals surface area contributed by atoms with Gasteiger partial charge in [0.25, 0.3) is 0 Å². The van der Waals surface area contributed by atoms with Crippen LogP contribution in [0.1, 0.15) is 12.0 Å². The Morgan fingerprint density at radius 2 is 1.73 bits per heavy atom. The molecule has 1 aromatic carbocycles. The minimum atomic E-state index is -4.24. The molecule has 0 aliphatic rings. The van der Waals surface area contributed by atoms with Crippen molar-refractivity contribution < 1.29 is 34.5 Å². The molecular formula is C13H22NO7P. The highest BCUT2D eigenvalue weighted by atomic mass is 31.2. The van der Waals surface area contributed by atoms with Gasteiger partial charge in [-0.15, -0.1) is 0 Å². The number of hydroxylamine groups is 1. The summed E-state index contributed by atoms with van der Waals surface area (Å²) in [6.07, 6.45) is -5.16. The molecule has 0 aliphatic heterocycles. The van der Waals surface area contributed by atoms with Crippen molar-refractivity contribution in [1.82, 2.24) is 5.48 Å². The second kappa shape index (κ2) is 9.34. The van der Waals surface area contributed by atoms with E-state index in [0.29, 0.717) is 0 Å². The lowest BCUT2D eigenvalue weighted by Gasteiger charge is -2.23. The fourth-order valence-electron chi connectivity index (χ4n) is 1.70. The summed E-state index contributed by atoms with van der Waals surface area (Å²) >= 11 is 0. The molecule has 126 valence electrons. The van der Waals surface area contributed by atoms with E-state index in [1.807, 2.05) is 30.3 Å². The SMILES string of the molecule is O=P(O)(O)CC[C@@H](O)[C@@H](O)[C@@H](O)CNOCc1ccccc1. The van der Waals surface area contributed by atoms with Gasteiger partial charge in [0.1, 0.15) is 6.10 Å². The molecule has 0 radical (unpaired) electrons. The van der Waals surface area contributed by atoms with Gasteiger partial charge in [0.15, 0.2) is 0 Å². The number of rotatable bonds is 10. The van der Waals surface area contributed by atoms with Crippen molar-refractivity contribution in [3.05, 3.63) is 35.9 Å². The van der Waals surface area contributed by atoms with Crippen LogP contribution in [0.2, 0.25) is 0 Å². The first-order valence-electron chi connectivity index (χ1n) is 6.77.